The van der Waals surface area contributed by atoms with E-state index in [2.05, 4.69) is 10.3 Å². The number of nitrogens with two attached hydrogens (primary N) is 1. The van der Waals surface area contributed by atoms with Gasteiger partial charge in [0.15, 0.2) is 5.78 Å². The van der Waals surface area contributed by atoms with E-state index >= 15 is 4.39 Å². The zero-order valence-corrected chi connectivity index (χ0v) is 24.3. The summed E-state index contributed by atoms with van der Waals surface area (Å²) < 4.78 is 84.7. The zero-order chi connectivity index (χ0) is 30.7. The molecule has 7 nitrogen and oxygen atoms in total. The molecule has 0 radical (unpaired) electrons. The van der Waals surface area contributed by atoms with E-state index < -0.39 is 51.0 Å². The quantitative estimate of drug-likeness (QED) is 0.299. The largest absolute Gasteiger partial charge is 0.321 e. The maximum absolute atomic E-state index is 15.1. The molecule has 0 unspecified atom stereocenters. The van der Waals surface area contributed by atoms with Gasteiger partial charge in [0.25, 0.3) is 0 Å². The summed E-state index contributed by atoms with van der Waals surface area (Å²) in [6.07, 6.45) is 4.40. The molecule has 1 aliphatic carbocycles. The normalized spacial score (nSPS) is 19.2. The lowest BCUT2D eigenvalue weighted by atomic mass is 9.82. The predicted molar refractivity (Wildman–Crippen MR) is 154 cm³/mol. The number of ketones is 1. The first-order valence-electron chi connectivity index (χ1n) is 14.3. The minimum Gasteiger partial charge on any atom is -0.321 e. The van der Waals surface area contributed by atoms with E-state index in [0.717, 1.165) is 43.3 Å². The number of pyridine rings is 1. The molecule has 3 N–H and O–H groups in total. The van der Waals surface area contributed by atoms with Crippen LogP contribution < -0.4 is 11.1 Å². The second-order valence-corrected chi connectivity index (χ2v) is 13.4. The highest BCUT2D eigenvalue weighted by atomic mass is 32.2. The Hall–Kier alpha value is -3.19. The van der Waals surface area contributed by atoms with Gasteiger partial charge in [-0.1, -0.05) is 12.1 Å². The van der Waals surface area contributed by atoms with E-state index in [4.69, 9.17) is 5.73 Å². The third-order valence-electron chi connectivity index (χ3n) is 8.19. The summed E-state index contributed by atoms with van der Waals surface area (Å²) in [5.41, 5.74) is 7.42. The van der Waals surface area contributed by atoms with Crippen LogP contribution in [0.5, 0.6) is 0 Å². The molecule has 1 saturated carbocycles. The third kappa shape index (κ3) is 7.67. The smallest absolute Gasteiger partial charge is 0.214 e. The van der Waals surface area contributed by atoms with Crippen LogP contribution in [-0.2, 0) is 27.7 Å². The molecule has 1 aromatic heterocycles. The molecule has 230 valence electrons. The summed E-state index contributed by atoms with van der Waals surface area (Å²) in [6, 6.07) is 6.27. The molecule has 2 aliphatic rings. The molecule has 12 heteroatoms. The molecule has 1 aliphatic heterocycles. The van der Waals surface area contributed by atoms with Crippen LogP contribution in [0, 0.1) is 29.2 Å². The van der Waals surface area contributed by atoms with Crippen molar-refractivity contribution >= 4 is 15.8 Å². The van der Waals surface area contributed by atoms with Gasteiger partial charge in [0.05, 0.1) is 18.0 Å². The second kappa shape index (κ2) is 13.2. The average molecular weight is 619 g/mol. The molecule has 5 rings (SSSR count). The first-order valence-corrected chi connectivity index (χ1v) is 15.9. The predicted octanol–water partition coefficient (Wildman–Crippen LogP) is 3.86. The maximum Gasteiger partial charge on any atom is 0.214 e. The summed E-state index contributed by atoms with van der Waals surface area (Å²) in [5.74, 6) is -4.11. The van der Waals surface area contributed by atoms with E-state index in [9.17, 15) is 26.4 Å². The Balaban J connectivity index is 1.36. The van der Waals surface area contributed by atoms with Gasteiger partial charge in [-0.2, -0.15) is 4.31 Å². The Morgan fingerprint density at radius 1 is 1.00 bits per heavy atom. The monoisotopic (exact) mass is 618 g/mol. The Kier molecular flexibility index (Phi) is 9.60. The van der Waals surface area contributed by atoms with Crippen LogP contribution in [0.2, 0.25) is 0 Å². The lowest BCUT2D eigenvalue weighted by Gasteiger charge is -2.35. The summed E-state index contributed by atoms with van der Waals surface area (Å²) in [4.78, 5) is 17.5. The van der Waals surface area contributed by atoms with Crippen molar-refractivity contribution in [2.45, 2.75) is 50.1 Å². The van der Waals surface area contributed by atoms with Gasteiger partial charge in [0.2, 0.25) is 10.0 Å². The number of sulfonamides is 1. The number of rotatable bonds is 12. The van der Waals surface area contributed by atoms with Crippen LogP contribution in [0.3, 0.4) is 0 Å². The summed E-state index contributed by atoms with van der Waals surface area (Å²) >= 11 is 0. The van der Waals surface area contributed by atoms with Crippen LogP contribution in [0.15, 0.2) is 54.9 Å². The number of carbonyl (C=O) groups is 1. The van der Waals surface area contributed by atoms with Gasteiger partial charge in [-0.25, -0.2) is 26.0 Å². The third-order valence-corrected chi connectivity index (χ3v) is 10.3. The Morgan fingerprint density at radius 3 is 2.37 bits per heavy atom. The van der Waals surface area contributed by atoms with Crippen molar-refractivity contribution in [3.8, 4) is 0 Å². The Bertz CT molecular complexity index is 1550. The number of benzene rings is 2. The van der Waals surface area contributed by atoms with Crippen molar-refractivity contribution < 1.29 is 30.8 Å². The first kappa shape index (κ1) is 31.2. The highest BCUT2D eigenvalue weighted by molar-refractivity contribution is 7.89. The van der Waals surface area contributed by atoms with E-state index in [0.29, 0.717) is 43.2 Å². The van der Waals surface area contributed by atoms with Gasteiger partial charge in [-0.3, -0.25) is 9.78 Å². The molecule has 2 fully saturated rings. The number of halogens is 4. The van der Waals surface area contributed by atoms with E-state index in [1.54, 1.807) is 0 Å². The van der Waals surface area contributed by atoms with Crippen LogP contribution >= 0.6 is 0 Å². The number of aromatic nitrogens is 1. The molecule has 2 aromatic carbocycles. The Morgan fingerprint density at radius 2 is 1.70 bits per heavy atom. The van der Waals surface area contributed by atoms with E-state index in [1.165, 1.54) is 22.6 Å². The van der Waals surface area contributed by atoms with Crippen LogP contribution in [-0.4, -0.2) is 61.0 Å². The molecule has 0 spiro atoms. The van der Waals surface area contributed by atoms with Crippen LogP contribution in [0.4, 0.5) is 17.6 Å². The number of piperazine rings is 1. The minimum absolute atomic E-state index is 0.0971. The minimum atomic E-state index is -3.46. The van der Waals surface area contributed by atoms with Crippen LogP contribution in [0.1, 0.15) is 47.4 Å². The molecule has 1 saturated heterocycles. The summed E-state index contributed by atoms with van der Waals surface area (Å²) in [5, 5.41) is 3.21. The standard InChI is InChI=1S/C31H34F4N4O3S/c32-23-5-3-20(4-6-23)30(21-11-24(33)14-25(34)12-21)31(36)29(40)13-22-15-38-17-28(35)27(22)8-7-26-16-37-9-10-39(26)43(41,42)18-19-1-2-19/h3-6,11-12,14-15,17,19,26,30-31,37H,1-2,7-10,13,16,18,36H2/t26-,30-,31+/m0/s1. The number of hydrogen-bond donors (Lipinski definition) is 2. The summed E-state index contributed by atoms with van der Waals surface area (Å²) in [7, 11) is -3.46. The molecule has 2 heterocycles. The highest BCUT2D eigenvalue weighted by Gasteiger charge is 2.37. The van der Waals surface area contributed by atoms with Crippen LogP contribution in [0.25, 0.3) is 0 Å². The van der Waals surface area contributed by atoms with Gasteiger partial charge < -0.3 is 11.1 Å². The van der Waals surface area contributed by atoms with Crippen molar-refractivity contribution in [2.75, 3.05) is 25.4 Å². The van der Waals surface area contributed by atoms with Crippen molar-refractivity contribution in [3.05, 3.63) is 100 Å². The fraction of sp³-hybridized carbons (Fsp3) is 0.419. The lowest BCUT2D eigenvalue weighted by Crippen LogP contribution is -2.54. The zero-order valence-electron chi connectivity index (χ0n) is 23.5. The topological polar surface area (TPSA) is 105 Å². The van der Waals surface area contributed by atoms with Gasteiger partial charge in [-0.15, -0.1) is 0 Å². The molecule has 3 aromatic rings. The lowest BCUT2D eigenvalue weighted by molar-refractivity contribution is -0.119. The molecule has 0 bridgehead atoms. The van der Waals surface area contributed by atoms with Crippen molar-refractivity contribution in [3.63, 3.8) is 0 Å². The molecular formula is C31H34F4N4O3S. The number of nitrogens with one attached hydrogen (secondary N) is 1. The SMILES string of the molecule is N[C@H](C(=O)Cc1cncc(F)c1CC[C@H]1CNCCN1S(=O)(=O)CC1CC1)[C@@H](c1ccc(F)cc1)c1cc(F)cc(F)c1. The highest BCUT2D eigenvalue weighted by Crippen LogP contribution is 2.33. The molecular weight excluding hydrogens is 584 g/mol. The van der Waals surface area contributed by atoms with E-state index in [1.807, 2.05) is 0 Å². The number of Topliss-reactive ketones (excluding diaryl/α,β-unsaturated/α-hetero) is 1. The van der Waals surface area contributed by atoms with Crippen molar-refractivity contribution in [1.82, 2.24) is 14.6 Å². The van der Waals surface area contributed by atoms with Gasteiger partial charge in [0.1, 0.15) is 23.3 Å². The second-order valence-electron chi connectivity index (χ2n) is 11.4. The molecule has 3 atom stereocenters. The fourth-order valence-corrected chi connectivity index (χ4v) is 7.93. The number of carbonyl (C=O) groups excluding carboxylic acids is 1. The number of nitrogens with zero attached hydrogens (tertiary/aromatic N) is 2. The van der Waals surface area contributed by atoms with Gasteiger partial charge in [0, 0.05) is 50.3 Å². The van der Waals surface area contributed by atoms with Crippen molar-refractivity contribution in [2.24, 2.45) is 11.7 Å². The summed E-state index contributed by atoms with van der Waals surface area (Å²) in [6.45, 7) is 1.30. The average Bonchev–Trinajstić information content (AvgIpc) is 3.77. The Labute approximate surface area is 248 Å². The first-order chi connectivity index (χ1) is 20.5. The van der Waals surface area contributed by atoms with Gasteiger partial charge >= 0.3 is 0 Å². The fourth-order valence-electron chi connectivity index (χ4n) is 5.80. The van der Waals surface area contributed by atoms with Gasteiger partial charge in [-0.05, 0) is 78.1 Å². The maximum atomic E-state index is 15.1. The van der Waals surface area contributed by atoms with Crippen molar-refractivity contribution in [1.29, 1.82) is 0 Å². The molecule has 43 heavy (non-hydrogen) atoms. The number of hydrogen-bond acceptors (Lipinski definition) is 6. The van der Waals surface area contributed by atoms with E-state index in [-0.39, 0.29) is 41.7 Å². The molecule has 0 amide bonds.